The molecule has 0 bridgehead atoms. The molecular formula is C14H17ClN2O. The SMILES string of the molecule is Cl.NC[C@H](N)c1ccc(Oc2ccccc2)cc1. The first-order valence-corrected chi connectivity index (χ1v) is 5.58. The predicted octanol–water partition coefficient (Wildman–Crippen LogP) is 2.86. The molecule has 0 aliphatic carbocycles. The minimum Gasteiger partial charge on any atom is -0.457 e. The fourth-order valence-electron chi connectivity index (χ4n) is 1.54. The van der Waals surface area contributed by atoms with E-state index in [0.29, 0.717) is 6.54 Å². The van der Waals surface area contributed by atoms with Crippen LogP contribution in [0.25, 0.3) is 0 Å². The number of halogens is 1. The van der Waals surface area contributed by atoms with Gasteiger partial charge in [-0.05, 0) is 29.8 Å². The number of rotatable bonds is 4. The topological polar surface area (TPSA) is 61.3 Å². The molecule has 2 aromatic carbocycles. The van der Waals surface area contributed by atoms with E-state index in [1.54, 1.807) is 0 Å². The Balaban J connectivity index is 0.00000162. The maximum absolute atomic E-state index is 5.83. The summed E-state index contributed by atoms with van der Waals surface area (Å²) in [5.41, 5.74) is 12.4. The molecule has 0 heterocycles. The number of para-hydroxylation sites is 1. The smallest absolute Gasteiger partial charge is 0.127 e. The summed E-state index contributed by atoms with van der Waals surface area (Å²) in [4.78, 5) is 0. The highest BCUT2D eigenvalue weighted by Gasteiger charge is 2.03. The Morgan fingerprint density at radius 1 is 0.889 bits per heavy atom. The molecule has 0 unspecified atom stereocenters. The fourth-order valence-corrected chi connectivity index (χ4v) is 1.54. The van der Waals surface area contributed by atoms with Gasteiger partial charge in [0.2, 0.25) is 0 Å². The summed E-state index contributed by atoms with van der Waals surface area (Å²) in [5, 5.41) is 0. The summed E-state index contributed by atoms with van der Waals surface area (Å²) in [5.74, 6) is 1.62. The molecule has 0 amide bonds. The normalized spacial score (nSPS) is 11.4. The molecule has 4 N–H and O–H groups in total. The largest absolute Gasteiger partial charge is 0.457 e. The molecule has 0 aliphatic rings. The van der Waals surface area contributed by atoms with Crippen LogP contribution in [0.2, 0.25) is 0 Å². The molecule has 3 nitrogen and oxygen atoms in total. The van der Waals surface area contributed by atoms with Crippen molar-refractivity contribution in [3.05, 3.63) is 60.2 Å². The highest BCUT2D eigenvalue weighted by Crippen LogP contribution is 2.22. The molecule has 2 rings (SSSR count). The highest BCUT2D eigenvalue weighted by molar-refractivity contribution is 5.85. The van der Waals surface area contributed by atoms with Gasteiger partial charge in [0.05, 0.1) is 0 Å². The quantitative estimate of drug-likeness (QED) is 0.893. The van der Waals surface area contributed by atoms with E-state index in [4.69, 9.17) is 16.2 Å². The predicted molar refractivity (Wildman–Crippen MR) is 76.2 cm³/mol. The van der Waals surface area contributed by atoms with Gasteiger partial charge in [-0.25, -0.2) is 0 Å². The third kappa shape index (κ3) is 3.74. The maximum atomic E-state index is 5.83. The first-order valence-electron chi connectivity index (χ1n) is 5.58. The Labute approximate surface area is 113 Å². The van der Waals surface area contributed by atoms with Crippen molar-refractivity contribution in [3.63, 3.8) is 0 Å². The molecule has 2 aromatic rings. The van der Waals surface area contributed by atoms with E-state index in [1.807, 2.05) is 54.6 Å². The molecule has 1 atom stereocenters. The zero-order valence-corrected chi connectivity index (χ0v) is 10.8. The molecule has 0 aliphatic heterocycles. The Kier molecular flexibility index (Phi) is 5.65. The average molecular weight is 265 g/mol. The van der Waals surface area contributed by atoms with Crippen molar-refractivity contribution in [1.29, 1.82) is 0 Å². The van der Waals surface area contributed by atoms with Crippen LogP contribution in [0.15, 0.2) is 54.6 Å². The van der Waals surface area contributed by atoms with E-state index < -0.39 is 0 Å². The summed E-state index contributed by atoms with van der Waals surface area (Å²) >= 11 is 0. The summed E-state index contributed by atoms with van der Waals surface area (Å²) in [6.07, 6.45) is 0. The van der Waals surface area contributed by atoms with Gasteiger partial charge in [-0.2, -0.15) is 0 Å². The average Bonchev–Trinajstić information content (AvgIpc) is 2.40. The number of benzene rings is 2. The zero-order chi connectivity index (χ0) is 12.1. The first kappa shape index (κ1) is 14.5. The first-order chi connectivity index (χ1) is 8.29. The number of hydrogen-bond acceptors (Lipinski definition) is 3. The molecule has 0 spiro atoms. The van der Waals surface area contributed by atoms with Crippen molar-refractivity contribution >= 4 is 12.4 Å². The van der Waals surface area contributed by atoms with Crippen LogP contribution in [0.5, 0.6) is 11.5 Å². The standard InChI is InChI=1S/C14H16N2O.ClH/c15-10-14(16)11-6-8-13(9-7-11)17-12-4-2-1-3-5-12;/h1-9,14H,10,15-16H2;1H/t14-;/m0./s1. The van der Waals surface area contributed by atoms with Crippen molar-refractivity contribution in [2.24, 2.45) is 11.5 Å². The summed E-state index contributed by atoms with van der Waals surface area (Å²) in [6.45, 7) is 0.443. The van der Waals surface area contributed by atoms with E-state index in [-0.39, 0.29) is 18.4 Å². The summed E-state index contributed by atoms with van der Waals surface area (Å²) < 4.78 is 5.67. The second kappa shape index (κ2) is 7.01. The molecule has 0 aromatic heterocycles. The van der Waals surface area contributed by atoms with E-state index >= 15 is 0 Å². The molecule has 0 saturated heterocycles. The fraction of sp³-hybridized carbons (Fsp3) is 0.143. The lowest BCUT2D eigenvalue weighted by Gasteiger charge is -2.10. The van der Waals surface area contributed by atoms with Crippen LogP contribution in [0, 0.1) is 0 Å². The van der Waals surface area contributed by atoms with Crippen molar-refractivity contribution in [2.75, 3.05) is 6.54 Å². The number of ether oxygens (including phenoxy) is 1. The van der Waals surface area contributed by atoms with Gasteiger partial charge in [0.25, 0.3) is 0 Å². The molecule has 96 valence electrons. The Morgan fingerprint density at radius 2 is 1.44 bits per heavy atom. The van der Waals surface area contributed by atoms with Gasteiger partial charge in [-0.15, -0.1) is 12.4 Å². The van der Waals surface area contributed by atoms with Gasteiger partial charge in [0.1, 0.15) is 11.5 Å². The van der Waals surface area contributed by atoms with Crippen LogP contribution in [0.4, 0.5) is 0 Å². The Hall–Kier alpha value is -1.55. The van der Waals surface area contributed by atoms with Gasteiger partial charge >= 0.3 is 0 Å². The third-order valence-corrected chi connectivity index (χ3v) is 2.54. The van der Waals surface area contributed by atoms with Crippen molar-refractivity contribution < 1.29 is 4.74 Å². The number of hydrogen-bond donors (Lipinski definition) is 2. The van der Waals surface area contributed by atoms with E-state index in [9.17, 15) is 0 Å². The minimum absolute atomic E-state index is 0. The van der Waals surface area contributed by atoms with Crippen molar-refractivity contribution in [3.8, 4) is 11.5 Å². The highest BCUT2D eigenvalue weighted by atomic mass is 35.5. The van der Waals surface area contributed by atoms with Gasteiger partial charge in [-0.3, -0.25) is 0 Å². The molecule has 4 heteroatoms. The lowest BCUT2D eigenvalue weighted by molar-refractivity contribution is 0.482. The van der Waals surface area contributed by atoms with Crippen molar-refractivity contribution in [1.82, 2.24) is 0 Å². The second-order valence-electron chi connectivity index (χ2n) is 3.83. The van der Waals surface area contributed by atoms with Gasteiger partial charge in [0, 0.05) is 12.6 Å². The van der Waals surface area contributed by atoms with E-state index in [0.717, 1.165) is 17.1 Å². The van der Waals surface area contributed by atoms with Crippen LogP contribution >= 0.6 is 12.4 Å². The minimum atomic E-state index is -0.110. The van der Waals surface area contributed by atoms with Gasteiger partial charge < -0.3 is 16.2 Å². The molecule has 0 fully saturated rings. The lowest BCUT2D eigenvalue weighted by atomic mass is 10.1. The van der Waals surface area contributed by atoms with Crippen molar-refractivity contribution in [2.45, 2.75) is 6.04 Å². The van der Waals surface area contributed by atoms with Crippen LogP contribution < -0.4 is 16.2 Å². The summed E-state index contributed by atoms with van der Waals surface area (Å²) in [6, 6.07) is 17.2. The monoisotopic (exact) mass is 264 g/mol. The molecule has 0 saturated carbocycles. The molecule has 0 radical (unpaired) electrons. The van der Waals surface area contributed by atoms with Crippen LogP contribution in [-0.2, 0) is 0 Å². The number of nitrogens with two attached hydrogens (primary N) is 2. The zero-order valence-electron chi connectivity index (χ0n) is 9.95. The van der Waals surface area contributed by atoms with Gasteiger partial charge in [0.15, 0.2) is 0 Å². The Bertz CT molecular complexity index is 459. The van der Waals surface area contributed by atoms with Crippen LogP contribution in [0.1, 0.15) is 11.6 Å². The van der Waals surface area contributed by atoms with Crippen LogP contribution in [0.3, 0.4) is 0 Å². The van der Waals surface area contributed by atoms with E-state index in [2.05, 4.69) is 0 Å². The van der Waals surface area contributed by atoms with Gasteiger partial charge in [-0.1, -0.05) is 30.3 Å². The molecular weight excluding hydrogens is 248 g/mol. The lowest BCUT2D eigenvalue weighted by Crippen LogP contribution is -2.20. The Morgan fingerprint density at radius 3 is 2.00 bits per heavy atom. The maximum Gasteiger partial charge on any atom is 0.127 e. The summed E-state index contributed by atoms with van der Waals surface area (Å²) in [7, 11) is 0. The second-order valence-corrected chi connectivity index (χ2v) is 3.83. The third-order valence-electron chi connectivity index (χ3n) is 2.54. The van der Waals surface area contributed by atoms with Crippen LogP contribution in [-0.4, -0.2) is 6.54 Å². The van der Waals surface area contributed by atoms with E-state index in [1.165, 1.54) is 0 Å². The molecule has 18 heavy (non-hydrogen) atoms.